The summed E-state index contributed by atoms with van der Waals surface area (Å²) in [5.41, 5.74) is 1.32. The zero-order chi connectivity index (χ0) is 18.9. The average molecular weight is 378 g/mol. The van der Waals surface area contributed by atoms with Gasteiger partial charge in [0.1, 0.15) is 0 Å². The molecule has 0 spiro atoms. The number of aromatic nitrogens is 2. The molecule has 1 aromatic carbocycles. The molecular weight excluding hydrogens is 352 g/mol. The van der Waals surface area contributed by atoms with Crippen molar-refractivity contribution in [3.05, 3.63) is 51.8 Å². The minimum absolute atomic E-state index is 0.0675. The molecular formula is C19H26ClN4O2+. The van der Waals surface area contributed by atoms with Crippen molar-refractivity contribution in [2.24, 2.45) is 0 Å². The summed E-state index contributed by atoms with van der Waals surface area (Å²) < 4.78 is 1.33. The number of hydrogen-bond acceptors (Lipinski definition) is 3. The summed E-state index contributed by atoms with van der Waals surface area (Å²) in [6.45, 7) is 8.15. The maximum Gasteiger partial charge on any atom is 0.266 e. The highest BCUT2D eigenvalue weighted by Crippen LogP contribution is 2.18. The summed E-state index contributed by atoms with van der Waals surface area (Å²) >= 11 is 5.90. The molecule has 0 saturated carbocycles. The van der Waals surface area contributed by atoms with Crippen LogP contribution >= 0.6 is 11.6 Å². The molecule has 0 saturated heterocycles. The van der Waals surface area contributed by atoms with Crippen LogP contribution in [-0.4, -0.2) is 41.9 Å². The van der Waals surface area contributed by atoms with Gasteiger partial charge in [-0.25, -0.2) is 4.68 Å². The SMILES string of the molecule is CC[NH+](CC)CCNC(=O)CCn1nc(-c2ccc(Cl)cc2)ccc1=O. The van der Waals surface area contributed by atoms with Gasteiger partial charge in [-0.05, 0) is 32.0 Å². The van der Waals surface area contributed by atoms with Crippen LogP contribution in [0.25, 0.3) is 11.3 Å². The van der Waals surface area contributed by atoms with Crippen molar-refractivity contribution in [1.82, 2.24) is 15.1 Å². The molecule has 2 aromatic rings. The second kappa shape index (κ2) is 10.1. The van der Waals surface area contributed by atoms with Gasteiger partial charge in [-0.1, -0.05) is 23.7 Å². The molecule has 0 aliphatic heterocycles. The molecule has 0 fully saturated rings. The first-order valence-electron chi connectivity index (χ1n) is 8.97. The number of benzene rings is 1. The van der Waals surface area contributed by atoms with E-state index in [-0.39, 0.29) is 24.4 Å². The standard InChI is InChI=1S/C19H25ClN4O2/c1-3-23(4-2)14-12-21-18(25)11-13-24-19(26)10-9-17(22-24)15-5-7-16(20)8-6-15/h5-10H,3-4,11-14H2,1-2H3,(H,21,25)/p+1. The van der Waals surface area contributed by atoms with E-state index in [4.69, 9.17) is 11.6 Å². The Balaban J connectivity index is 1.92. The number of carbonyl (C=O) groups is 1. The second-order valence-corrected chi connectivity index (χ2v) is 6.53. The van der Waals surface area contributed by atoms with E-state index in [1.807, 2.05) is 12.1 Å². The molecule has 0 bridgehead atoms. The van der Waals surface area contributed by atoms with Crippen LogP contribution in [0.15, 0.2) is 41.2 Å². The van der Waals surface area contributed by atoms with Gasteiger partial charge in [-0.3, -0.25) is 9.59 Å². The fourth-order valence-corrected chi connectivity index (χ4v) is 2.79. The molecule has 0 aliphatic carbocycles. The van der Waals surface area contributed by atoms with Gasteiger partial charge in [0.25, 0.3) is 5.56 Å². The van der Waals surface area contributed by atoms with Gasteiger partial charge in [-0.2, -0.15) is 5.10 Å². The maximum atomic E-state index is 12.0. The number of halogens is 1. The Morgan fingerprint density at radius 2 is 1.85 bits per heavy atom. The van der Waals surface area contributed by atoms with Crippen LogP contribution in [0.5, 0.6) is 0 Å². The van der Waals surface area contributed by atoms with E-state index in [1.165, 1.54) is 15.6 Å². The van der Waals surface area contributed by atoms with Crippen molar-refractivity contribution in [2.75, 3.05) is 26.2 Å². The lowest BCUT2D eigenvalue weighted by Crippen LogP contribution is -3.12. The third-order valence-corrected chi connectivity index (χ3v) is 4.61. The lowest BCUT2D eigenvalue weighted by Gasteiger charge is -2.15. The van der Waals surface area contributed by atoms with E-state index in [0.717, 1.165) is 25.2 Å². The number of rotatable bonds is 9. The van der Waals surface area contributed by atoms with Crippen LogP contribution < -0.4 is 15.8 Å². The average Bonchev–Trinajstić information content (AvgIpc) is 2.65. The summed E-state index contributed by atoms with van der Waals surface area (Å²) in [6, 6.07) is 10.4. The molecule has 26 heavy (non-hydrogen) atoms. The monoisotopic (exact) mass is 377 g/mol. The first-order valence-corrected chi connectivity index (χ1v) is 9.35. The molecule has 1 heterocycles. The Hall–Kier alpha value is -2.18. The summed E-state index contributed by atoms with van der Waals surface area (Å²) in [5, 5.41) is 7.91. The number of nitrogens with zero attached hydrogens (tertiary/aromatic N) is 2. The van der Waals surface area contributed by atoms with Crippen LogP contribution in [-0.2, 0) is 11.3 Å². The third-order valence-electron chi connectivity index (χ3n) is 4.36. The Labute approximate surface area is 158 Å². The lowest BCUT2D eigenvalue weighted by atomic mass is 10.1. The molecule has 2 rings (SSSR count). The normalized spacial score (nSPS) is 10.9. The second-order valence-electron chi connectivity index (χ2n) is 6.09. The van der Waals surface area contributed by atoms with Crippen LogP contribution in [0.1, 0.15) is 20.3 Å². The van der Waals surface area contributed by atoms with Crippen LogP contribution in [0.3, 0.4) is 0 Å². The zero-order valence-corrected chi connectivity index (χ0v) is 16.1. The van der Waals surface area contributed by atoms with Crippen molar-refractivity contribution < 1.29 is 9.69 Å². The quantitative estimate of drug-likeness (QED) is 0.685. The fraction of sp³-hybridized carbons (Fsp3) is 0.421. The van der Waals surface area contributed by atoms with E-state index in [0.29, 0.717) is 17.3 Å². The molecule has 2 N–H and O–H groups in total. The fourth-order valence-electron chi connectivity index (χ4n) is 2.66. The van der Waals surface area contributed by atoms with E-state index >= 15 is 0 Å². The first kappa shape index (κ1) is 20.1. The predicted octanol–water partition coefficient (Wildman–Crippen LogP) is 0.995. The number of carbonyl (C=O) groups excluding carboxylic acids is 1. The summed E-state index contributed by atoms with van der Waals surface area (Å²) in [6.07, 6.45) is 0.227. The molecule has 0 atom stereocenters. The van der Waals surface area contributed by atoms with E-state index < -0.39 is 0 Å². The number of nitrogens with one attached hydrogen (secondary N) is 2. The molecule has 0 aliphatic rings. The predicted molar refractivity (Wildman–Crippen MR) is 103 cm³/mol. The van der Waals surface area contributed by atoms with Gasteiger partial charge in [0.2, 0.25) is 5.91 Å². The van der Waals surface area contributed by atoms with Crippen molar-refractivity contribution >= 4 is 17.5 Å². The largest absolute Gasteiger partial charge is 0.350 e. The minimum atomic E-state index is -0.219. The summed E-state index contributed by atoms with van der Waals surface area (Å²) in [4.78, 5) is 25.4. The molecule has 6 nitrogen and oxygen atoms in total. The van der Waals surface area contributed by atoms with Crippen LogP contribution in [0, 0.1) is 0 Å². The highest BCUT2D eigenvalue weighted by atomic mass is 35.5. The van der Waals surface area contributed by atoms with Crippen molar-refractivity contribution in [2.45, 2.75) is 26.8 Å². The van der Waals surface area contributed by atoms with Crippen LogP contribution in [0.4, 0.5) is 0 Å². The lowest BCUT2D eigenvalue weighted by molar-refractivity contribution is -0.895. The number of amides is 1. The molecule has 0 radical (unpaired) electrons. The van der Waals surface area contributed by atoms with Gasteiger partial charge < -0.3 is 10.2 Å². The Bertz CT molecular complexity index is 770. The first-order chi connectivity index (χ1) is 12.5. The van der Waals surface area contributed by atoms with Gasteiger partial charge in [0.15, 0.2) is 0 Å². The minimum Gasteiger partial charge on any atom is -0.350 e. The topological polar surface area (TPSA) is 68.4 Å². The van der Waals surface area contributed by atoms with E-state index in [1.54, 1.807) is 18.2 Å². The van der Waals surface area contributed by atoms with Crippen LogP contribution in [0.2, 0.25) is 5.02 Å². The number of hydrogen-bond donors (Lipinski definition) is 2. The van der Waals surface area contributed by atoms with E-state index in [9.17, 15) is 9.59 Å². The molecule has 1 aromatic heterocycles. The number of aryl methyl sites for hydroxylation is 1. The highest BCUT2D eigenvalue weighted by molar-refractivity contribution is 6.30. The smallest absolute Gasteiger partial charge is 0.266 e. The van der Waals surface area contributed by atoms with Crippen molar-refractivity contribution in [3.63, 3.8) is 0 Å². The zero-order valence-electron chi connectivity index (χ0n) is 15.3. The molecule has 7 heteroatoms. The van der Waals surface area contributed by atoms with Gasteiger partial charge in [-0.15, -0.1) is 0 Å². The summed E-state index contributed by atoms with van der Waals surface area (Å²) in [5.74, 6) is -0.0675. The Kier molecular flexibility index (Phi) is 7.81. The highest BCUT2D eigenvalue weighted by Gasteiger charge is 2.08. The Morgan fingerprint density at radius 3 is 2.50 bits per heavy atom. The van der Waals surface area contributed by atoms with Gasteiger partial charge >= 0.3 is 0 Å². The van der Waals surface area contributed by atoms with Gasteiger partial charge in [0, 0.05) is 23.1 Å². The van der Waals surface area contributed by atoms with Gasteiger partial charge in [0.05, 0.1) is 38.4 Å². The maximum absolute atomic E-state index is 12.0. The molecule has 140 valence electrons. The van der Waals surface area contributed by atoms with E-state index in [2.05, 4.69) is 24.3 Å². The van der Waals surface area contributed by atoms with Crippen molar-refractivity contribution in [1.29, 1.82) is 0 Å². The number of likely N-dealkylation sites (N-methyl/N-ethyl adjacent to an activating group) is 1. The summed E-state index contributed by atoms with van der Waals surface area (Å²) in [7, 11) is 0. The van der Waals surface area contributed by atoms with Crippen molar-refractivity contribution in [3.8, 4) is 11.3 Å². The number of quaternary nitrogens is 1. The Morgan fingerprint density at radius 1 is 1.15 bits per heavy atom. The molecule has 0 unspecified atom stereocenters. The third kappa shape index (κ3) is 5.97. The molecule has 1 amide bonds.